The average molecular weight is 353 g/mol. The van der Waals surface area contributed by atoms with Gasteiger partial charge in [0.05, 0.1) is 0 Å². The molecule has 126 valence electrons. The molecule has 4 rings (SSSR count). The maximum absolute atomic E-state index is 12.4. The van der Waals surface area contributed by atoms with Crippen molar-refractivity contribution in [2.24, 2.45) is 5.92 Å². The third-order valence-corrected chi connectivity index (χ3v) is 7.16. The van der Waals surface area contributed by atoms with Crippen LogP contribution in [-0.4, -0.2) is 58.7 Å². The van der Waals surface area contributed by atoms with Crippen molar-refractivity contribution in [1.29, 1.82) is 0 Å². The van der Waals surface area contributed by atoms with Gasteiger partial charge in [0.1, 0.15) is 5.01 Å². The molecule has 5 nitrogen and oxygen atoms in total. The van der Waals surface area contributed by atoms with E-state index in [1.807, 2.05) is 11.8 Å². The highest BCUT2D eigenvalue weighted by atomic mass is 32.2. The van der Waals surface area contributed by atoms with Crippen LogP contribution in [-0.2, 0) is 4.79 Å². The van der Waals surface area contributed by atoms with Crippen molar-refractivity contribution in [2.45, 2.75) is 38.0 Å². The zero-order chi connectivity index (χ0) is 15.6. The molecule has 1 saturated carbocycles. The number of nitrogens with zero attached hydrogens (tertiary/aromatic N) is 4. The second kappa shape index (κ2) is 6.97. The van der Waals surface area contributed by atoms with E-state index < -0.39 is 0 Å². The van der Waals surface area contributed by atoms with E-state index in [4.69, 9.17) is 0 Å². The first-order valence-corrected chi connectivity index (χ1v) is 10.7. The number of piperidine rings is 1. The van der Waals surface area contributed by atoms with E-state index >= 15 is 0 Å². The van der Waals surface area contributed by atoms with E-state index in [2.05, 4.69) is 20.0 Å². The van der Waals surface area contributed by atoms with E-state index in [0.717, 1.165) is 62.1 Å². The third-order valence-electron chi connectivity index (χ3n) is 5.07. The van der Waals surface area contributed by atoms with Crippen LogP contribution >= 0.6 is 23.1 Å². The number of hydrogen-bond donors (Lipinski definition) is 0. The van der Waals surface area contributed by atoms with Crippen LogP contribution in [0.3, 0.4) is 0 Å². The molecule has 1 aromatic rings. The molecule has 0 bridgehead atoms. The van der Waals surface area contributed by atoms with Gasteiger partial charge in [0, 0.05) is 50.0 Å². The second-order valence-corrected chi connectivity index (χ2v) is 9.04. The summed E-state index contributed by atoms with van der Waals surface area (Å²) in [6.07, 6.45) is 5.52. The fourth-order valence-electron chi connectivity index (χ4n) is 3.37. The predicted molar refractivity (Wildman–Crippen MR) is 95.3 cm³/mol. The minimum atomic E-state index is 0.371. The Labute approximate surface area is 145 Å². The number of anilines is 1. The highest BCUT2D eigenvalue weighted by Gasteiger charge is 2.30. The molecule has 0 N–H and O–H groups in total. The first-order chi connectivity index (χ1) is 11.3. The Bertz CT molecular complexity index is 546. The smallest absolute Gasteiger partial charge is 0.222 e. The maximum atomic E-state index is 12.4. The van der Waals surface area contributed by atoms with Crippen LogP contribution in [0.4, 0.5) is 5.13 Å². The van der Waals surface area contributed by atoms with Gasteiger partial charge in [-0.3, -0.25) is 4.79 Å². The van der Waals surface area contributed by atoms with Gasteiger partial charge in [-0.2, -0.15) is 11.8 Å². The molecule has 23 heavy (non-hydrogen) atoms. The first kappa shape index (κ1) is 15.7. The quantitative estimate of drug-likeness (QED) is 0.834. The number of carbonyl (C=O) groups excluding carboxylic acids is 1. The van der Waals surface area contributed by atoms with Crippen LogP contribution in [0.5, 0.6) is 0 Å². The van der Waals surface area contributed by atoms with Gasteiger partial charge >= 0.3 is 0 Å². The van der Waals surface area contributed by atoms with Crippen LogP contribution in [0.15, 0.2) is 0 Å². The van der Waals surface area contributed by atoms with Crippen molar-refractivity contribution in [2.75, 3.05) is 42.6 Å². The number of carbonyl (C=O) groups is 1. The standard InChI is InChI=1S/C16H24N4OS2/c21-14(19-7-9-22-10-8-19)11-12-3-5-20(6-4-12)16-18-17-15(23-16)13-1-2-13/h12-13H,1-11H2. The van der Waals surface area contributed by atoms with Gasteiger partial charge in [0.15, 0.2) is 0 Å². The maximum Gasteiger partial charge on any atom is 0.222 e. The summed E-state index contributed by atoms with van der Waals surface area (Å²) in [4.78, 5) is 16.8. The number of thioether (sulfide) groups is 1. The van der Waals surface area contributed by atoms with Crippen LogP contribution in [0.25, 0.3) is 0 Å². The van der Waals surface area contributed by atoms with Crippen LogP contribution < -0.4 is 4.90 Å². The Balaban J connectivity index is 1.25. The molecule has 7 heteroatoms. The van der Waals surface area contributed by atoms with Crippen molar-refractivity contribution < 1.29 is 4.79 Å². The van der Waals surface area contributed by atoms with Gasteiger partial charge < -0.3 is 9.80 Å². The molecule has 1 aromatic heterocycles. The average Bonchev–Trinajstić information content (AvgIpc) is 3.34. The van der Waals surface area contributed by atoms with E-state index in [0.29, 0.717) is 17.7 Å². The van der Waals surface area contributed by atoms with Gasteiger partial charge in [-0.1, -0.05) is 11.3 Å². The van der Waals surface area contributed by atoms with E-state index in [9.17, 15) is 4.79 Å². The highest BCUT2D eigenvalue weighted by molar-refractivity contribution is 7.99. The summed E-state index contributed by atoms with van der Waals surface area (Å²) >= 11 is 3.73. The van der Waals surface area contributed by atoms with Crippen LogP contribution in [0.2, 0.25) is 0 Å². The van der Waals surface area contributed by atoms with Crippen LogP contribution in [0.1, 0.15) is 43.0 Å². The lowest BCUT2D eigenvalue weighted by molar-refractivity contribution is -0.132. The van der Waals surface area contributed by atoms with Crippen molar-refractivity contribution in [1.82, 2.24) is 15.1 Å². The van der Waals surface area contributed by atoms with E-state index in [1.54, 1.807) is 11.3 Å². The highest BCUT2D eigenvalue weighted by Crippen LogP contribution is 2.43. The molecular formula is C16H24N4OS2. The summed E-state index contributed by atoms with van der Waals surface area (Å²) in [5.41, 5.74) is 0. The molecule has 1 aliphatic carbocycles. The molecule has 0 aromatic carbocycles. The van der Waals surface area contributed by atoms with Crippen LogP contribution in [0, 0.1) is 5.92 Å². The fourth-order valence-corrected chi connectivity index (χ4v) is 5.33. The predicted octanol–water partition coefficient (Wildman–Crippen LogP) is 2.60. The topological polar surface area (TPSA) is 49.3 Å². The van der Waals surface area contributed by atoms with Gasteiger partial charge in [-0.05, 0) is 31.6 Å². The molecule has 2 saturated heterocycles. The number of hydrogen-bond acceptors (Lipinski definition) is 6. The van der Waals surface area contributed by atoms with Crippen molar-refractivity contribution in [3.8, 4) is 0 Å². The summed E-state index contributed by atoms with van der Waals surface area (Å²) < 4.78 is 0. The SMILES string of the molecule is O=C(CC1CCN(c2nnc(C3CC3)s2)CC1)N1CCSCC1. The van der Waals surface area contributed by atoms with Gasteiger partial charge in [0.25, 0.3) is 0 Å². The van der Waals surface area contributed by atoms with Crippen molar-refractivity contribution in [3.05, 3.63) is 5.01 Å². The number of aromatic nitrogens is 2. The molecule has 1 amide bonds. The van der Waals surface area contributed by atoms with E-state index in [-0.39, 0.29) is 0 Å². The number of amides is 1. The monoisotopic (exact) mass is 352 g/mol. The summed E-state index contributed by atoms with van der Waals surface area (Å²) in [5.74, 6) is 3.81. The Morgan fingerprint density at radius 1 is 1.04 bits per heavy atom. The molecule has 0 radical (unpaired) electrons. The molecule has 0 atom stereocenters. The van der Waals surface area contributed by atoms with Gasteiger partial charge in [-0.15, -0.1) is 10.2 Å². The lowest BCUT2D eigenvalue weighted by atomic mass is 9.93. The lowest BCUT2D eigenvalue weighted by Gasteiger charge is -2.33. The molecular weight excluding hydrogens is 328 g/mol. The normalized spacial score (nSPS) is 23.3. The van der Waals surface area contributed by atoms with Crippen molar-refractivity contribution in [3.63, 3.8) is 0 Å². The van der Waals surface area contributed by atoms with Gasteiger partial charge in [-0.25, -0.2) is 0 Å². The minimum Gasteiger partial charge on any atom is -0.347 e. The summed E-state index contributed by atoms with van der Waals surface area (Å²) in [5, 5.41) is 11.0. The lowest BCUT2D eigenvalue weighted by Crippen LogP contribution is -2.40. The summed E-state index contributed by atoms with van der Waals surface area (Å²) in [7, 11) is 0. The molecule has 2 aliphatic heterocycles. The first-order valence-electron chi connectivity index (χ1n) is 8.73. The Hall–Kier alpha value is -0.820. The summed E-state index contributed by atoms with van der Waals surface area (Å²) in [6.45, 7) is 3.92. The second-order valence-electron chi connectivity index (χ2n) is 6.82. The minimum absolute atomic E-state index is 0.371. The Morgan fingerprint density at radius 3 is 2.48 bits per heavy atom. The third kappa shape index (κ3) is 3.82. The molecule has 3 aliphatic rings. The largest absolute Gasteiger partial charge is 0.347 e. The molecule has 3 heterocycles. The van der Waals surface area contributed by atoms with Gasteiger partial charge in [0.2, 0.25) is 11.0 Å². The zero-order valence-corrected chi connectivity index (χ0v) is 15.1. The molecule has 3 fully saturated rings. The Morgan fingerprint density at radius 2 is 1.78 bits per heavy atom. The fraction of sp³-hybridized carbons (Fsp3) is 0.812. The zero-order valence-electron chi connectivity index (χ0n) is 13.4. The summed E-state index contributed by atoms with van der Waals surface area (Å²) in [6, 6.07) is 0. The van der Waals surface area contributed by atoms with E-state index in [1.165, 1.54) is 17.8 Å². The molecule has 0 unspecified atom stereocenters. The molecule has 0 spiro atoms. The number of rotatable bonds is 4. The van der Waals surface area contributed by atoms with Crippen molar-refractivity contribution >= 4 is 34.1 Å². The Kier molecular flexibility index (Phi) is 4.76.